The monoisotopic (exact) mass is 215 g/mol. The lowest BCUT2D eigenvalue weighted by atomic mass is 9.92. The second kappa shape index (κ2) is 5.11. The normalized spacial score (nSPS) is 30.9. The number of amides is 1. The molecule has 1 aliphatic heterocycles. The number of rotatable bonds is 3. The highest BCUT2D eigenvalue weighted by atomic mass is 16.5. The van der Waals surface area contributed by atoms with Crippen molar-refractivity contribution in [3.8, 4) is 0 Å². The molecule has 1 fully saturated rings. The second-order valence-corrected chi connectivity index (χ2v) is 4.04. The average Bonchev–Trinajstić information content (AvgIpc) is 2.12. The minimum absolute atomic E-state index is 0.0642. The summed E-state index contributed by atoms with van der Waals surface area (Å²) in [6, 6.07) is 0. The minimum atomic E-state index is -1.02. The molecule has 2 unspecified atom stereocenters. The van der Waals surface area contributed by atoms with Crippen molar-refractivity contribution in [3.63, 3.8) is 0 Å². The number of carbonyl (C=O) groups is 2. The van der Waals surface area contributed by atoms with Crippen LogP contribution < -0.4 is 5.32 Å². The first-order chi connectivity index (χ1) is 6.99. The first-order valence-electron chi connectivity index (χ1n) is 5.14. The van der Waals surface area contributed by atoms with E-state index in [4.69, 9.17) is 9.84 Å². The van der Waals surface area contributed by atoms with Crippen LogP contribution in [0.2, 0.25) is 0 Å². The molecule has 0 aromatic carbocycles. The summed E-state index contributed by atoms with van der Waals surface area (Å²) in [5.41, 5.74) is 0. The highest BCUT2D eigenvalue weighted by Gasteiger charge is 2.29. The van der Waals surface area contributed by atoms with Gasteiger partial charge in [-0.25, -0.2) is 0 Å². The van der Waals surface area contributed by atoms with Gasteiger partial charge in [0.15, 0.2) is 0 Å². The van der Waals surface area contributed by atoms with Crippen molar-refractivity contribution in [2.75, 3.05) is 6.54 Å². The summed E-state index contributed by atoms with van der Waals surface area (Å²) in [6.45, 7) is 3.54. The van der Waals surface area contributed by atoms with Gasteiger partial charge in [-0.2, -0.15) is 0 Å². The Morgan fingerprint density at radius 1 is 1.33 bits per heavy atom. The van der Waals surface area contributed by atoms with Gasteiger partial charge in [-0.05, 0) is 26.7 Å². The fourth-order valence-corrected chi connectivity index (χ4v) is 1.93. The second-order valence-electron chi connectivity index (χ2n) is 4.04. The molecule has 86 valence electrons. The van der Waals surface area contributed by atoms with Crippen molar-refractivity contribution in [1.29, 1.82) is 0 Å². The van der Waals surface area contributed by atoms with Crippen molar-refractivity contribution >= 4 is 11.9 Å². The van der Waals surface area contributed by atoms with Crippen molar-refractivity contribution in [3.05, 3.63) is 0 Å². The number of nitrogens with one attached hydrogen (secondary N) is 1. The molecule has 0 aliphatic carbocycles. The van der Waals surface area contributed by atoms with E-state index in [9.17, 15) is 9.59 Å². The van der Waals surface area contributed by atoms with E-state index in [1.54, 1.807) is 0 Å². The van der Waals surface area contributed by atoms with Crippen molar-refractivity contribution < 1.29 is 19.4 Å². The van der Waals surface area contributed by atoms with E-state index in [1.807, 2.05) is 13.8 Å². The molecule has 5 heteroatoms. The lowest BCUT2D eigenvalue weighted by Gasteiger charge is -2.31. The molecule has 1 amide bonds. The SMILES string of the molecule is CC1CC(C(=O)NCC(=O)O)CC(C)O1. The van der Waals surface area contributed by atoms with Gasteiger partial charge in [-0.3, -0.25) is 9.59 Å². The van der Waals surface area contributed by atoms with E-state index in [0.717, 1.165) is 0 Å². The maximum Gasteiger partial charge on any atom is 0.322 e. The lowest BCUT2D eigenvalue weighted by molar-refractivity contribution is -0.140. The molecule has 1 rings (SSSR count). The molecule has 0 radical (unpaired) electrons. The van der Waals surface area contributed by atoms with E-state index < -0.39 is 5.97 Å². The van der Waals surface area contributed by atoms with Gasteiger partial charge in [0.1, 0.15) is 6.54 Å². The van der Waals surface area contributed by atoms with E-state index in [1.165, 1.54) is 0 Å². The molecule has 1 heterocycles. The van der Waals surface area contributed by atoms with Gasteiger partial charge in [0.05, 0.1) is 12.2 Å². The predicted octanol–water partition coefficient (Wildman–Crippen LogP) is 0.391. The van der Waals surface area contributed by atoms with Crippen LogP contribution in [0.5, 0.6) is 0 Å². The Labute approximate surface area is 88.8 Å². The standard InChI is InChI=1S/C10H17NO4/c1-6-3-8(4-7(2)15-6)10(14)11-5-9(12)13/h6-8H,3-5H2,1-2H3,(H,11,14)(H,12,13). The van der Waals surface area contributed by atoms with Gasteiger partial charge < -0.3 is 15.2 Å². The molecule has 0 aromatic heterocycles. The molecule has 0 saturated carbocycles. The zero-order valence-electron chi connectivity index (χ0n) is 9.03. The number of carbonyl (C=O) groups excluding carboxylic acids is 1. The molecule has 0 spiro atoms. The molecule has 1 saturated heterocycles. The highest BCUT2D eigenvalue weighted by Crippen LogP contribution is 2.24. The highest BCUT2D eigenvalue weighted by molar-refractivity contribution is 5.82. The van der Waals surface area contributed by atoms with Gasteiger partial charge in [-0.15, -0.1) is 0 Å². The Hall–Kier alpha value is -1.10. The molecular weight excluding hydrogens is 198 g/mol. The Kier molecular flexibility index (Phi) is 4.08. The number of carboxylic acid groups (broad SMARTS) is 1. The Morgan fingerprint density at radius 2 is 1.87 bits per heavy atom. The first-order valence-corrected chi connectivity index (χ1v) is 5.14. The molecule has 0 aromatic rings. The topological polar surface area (TPSA) is 75.6 Å². The number of aliphatic carboxylic acids is 1. The zero-order chi connectivity index (χ0) is 11.4. The molecule has 5 nitrogen and oxygen atoms in total. The smallest absolute Gasteiger partial charge is 0.322 e. The maximum absolute atomic E-state index is 11.6. The van der Waals surface area contributed by atoms with Crippen LogP contribution in [0, 0.1) is 5.92 Å². The Morgan fingerprint density at radius 3 is 2.33 bits per heavy atom. The lowest BCUT2D eigenvalue weighted by Crippen LogP contribution is -2.40. The molecule has 15 heavy (non-hydrogen) atoms. The molecule has 2 N–H and O–H groups in total. The Bertz CT molecular complexity index is 244. The summed E-state index contributed by atoms with van der Waals surface area (Å²) < 4.78 is 5.50. The summed E-state index contributed by atoms with van der Waals surface area (Å²) >= 11 is 0. The number of carboxylic acids is 1. The molecule has 2 atom stereocenters. The third-order valence-corrected chi connectivity index (χ3v) is 2.48. The summed E-state index contributed by atoms with van der Waals surface area (Å²) in [5.74, 6) is -1.32. The molecule has 0 bridgehead atoms. The van der Waals surface area contributed by atoms with Crippen LogP contribution in [0.25, 0.3) is 0 Å². The zero-order valence-corrected chi connectivity index (χ0v) is 9.03. The van der Waals surface area contributed by atoms with Crippen LogP contribution in [0.1, 0.15) is 26.7 Å². The summed E-state index contributed by atoms with van der Waals surface area (Å²) in [7, 11) is 0. The van der Waals surface area contributed by atoms with Crippen LogP contribution in [0.15, 0.2) is 0 Å². The third kappa shape index (κ3) is 3.87. The fraction of sp³-hybridized carbons (Fsp3) is 0.800. The van der Waals surface area contributed by atoms with Crippen LogP contribution in [0.3, 0.4) is 0 Å². The van der Waals surface area contributed by atoms with E-state index in [2.05, 4.69) is 5.32 Å². The van der Waals surface area contributed by atoms with Crippen LogP contribution in [-0.2, 0) is 14.3 Å². The van der Waals surface area contributed by atoms with Gasteiger partial charge >= 0.3 is 5.97 Å². The first kappa shape index (κ1) is 12.0. The van der Waals surface area contributed by atoms with Gasteiger partial charge in [0, 0.05) is 5.92 Å². The van der Waals surface area contributed by atoms with E-state index >= 15 is 0 Å². The quantitative estimate of drug-likeness (QED) is 0.714. The van der Waals surface area contributed by atoms with Crippen molar-refractivity contribution in [2.24, 2.45) is 5.92 Å². The van der Waals surface area contributed by atoms with Crippen molar-refractivity contribution in [2.45, 2.75) is 38.9 Å². The average molecular weight is 215 g/mol. The number of hydrogen-bond acceptors (Lipinski definition) is 3. The van der Waals surface area contributed by atoms with Gasteiger partial charge in [0.2, 0.25) is 5.91 Å². The summed E-state index contributed by atoms with van der Waals surface area (Å²) in [4.78, 5) is 21.8. The summed E-state index contributed by atoms with van der Waals surface area (Å²) in [6.07, 6.45) is 1.45. The fourth-order valence-electron chi connectivity index (χ4n) is 1.93. The molecule has 1 aliphatic rings. The van der Waals surface area contributed by atoms with Crippen LogP contribution >= 0.6 is 0 Å². The third-order valence-electron chi connectivity index (χ3n) is 2.48. The van der Waals surface area contributed by atoms with E-state index in [0.29, 0.717) is 12.8 Å². The van der Waals surface area contributed by atoms with Gasteiger partial charge in [-0.1, -0.05) is 0 Å². The predicted molar refractivity (Wildman–Crippen MR) is 53.4 cm³/mol. The van der Waals surface area contributed by atoms with Gasteiger partial charge in [0.25, 0.3) is 0 Å². The maximum atomic E-state index is 11.6. The van der Waals surface area contributed by atoms with Crippen LogP contribution in [0.4, 0.5) is 0 Å². The summed E-state index contributed by atoms with van der Waals surface area (Å²) in [5, 5.41) is 10.8. The number of ether oxygens (including phenoxy) is 1. The molecular formula is C10H17NO4. The minimum Gasteiger partial charge on any atom is -0.480 e. The largest absolute Gasteiger partial charge is 0.480 e. The van der Waals surface area contributed by atoms with E-state index in [-0.39, 0.29) is 30.6 Å². The Balaban J connectivity index is 2.41. The van der Waals surface area contributed by atoms with Crippen molar-refractivity contribution in [1.82, 2.24) is 5.32 Å². The number of hydrogen-bond donors (Lipinski definition) is 2. The van der Waals surface area contributed by atoms with Crippen LogP contribution in [-0.4, -0.2) is 35.7 Å².